The molecule has 1 nitrogen and oxygen atoms in total. The lowest BCUT2D eigenvalue weighted by Gasteiger charge is -2.15. The van der Waals surface area contributed by atoms with Crippen molar-refractivity contribution in [2.75, 3.05) is 13.1 Å². The van der Waals surface area contributed by atoms with Crippen LogP contribution in [-0.4, -0.2) is 13.1 Å². The molecule has 0 aliphatic carbocycles. The van der Waals surface area contributed by atoms with E-state index in [4.69, 9.17) is 0 Å². The molecule has 0 unspecified atom stereocenters. The second-order valence-electron chi connectivity index (χ2n) is 3.77. The highest BCUT2D eigenvalue weighted by Gasteiger charge is 2.03. The van der Waals surface area contributed by atoms with Gasteiger partial charge < -0.3 is 5.32 Å². The zero-order valence-corrected chi connectivity index (χ0v) is 7.69. The summed E-state index contributed by atoms with van der Waals surface area (Å²) in [7, 11) is 0. The van der Waals surface area contributed by atoms with Crippen molar-refractivity contribution in [3.63, 3.8) is 0 Å². The lowest BCUT2D eigenvalue weighted by molar-refractivity contribution is 0.596. The minimum absolute atomic E-state index is 0.810. The molecule has 1 aliphatic heterocycles. The van der Waals surface area contributed by atoms with Gasteiger partial charge in [0.05, 0.1) is 0 Å². The Labute approximate surface area is 69.9 Å². The minimum atomic E-state index is 0.810. The summed E-state index contributed by atoms with van der Waals surface area (Å²) in [6, 6.07) is 0. The SMILES string of the molecule is CC(C)C/C=C1/CCCNC1. The van der Waals surface area contributed by atoms with Gasteiger partial charge in [0.15, 0.2) is 0 Å². The molecule has 0 aromatic heterocycles. The summed E-state index contributed by atoms with van der Waals surface area (Å²) in [5, 5.41) is 3.39. The summed E-state index contributed by atoms with van der Waals surface area (Å²) in [4.78, 5) is 0. The number of hydrogen-bond acceptors (Lipinski definition) is 1. The third-order valence-electron chi connectivity index (χ3n) is 2.08. The Morgan fingerprint density at radius 1 is 1.55 bits per heavy atom. The van der Waals surface area contributed by atoms with Crippen molar-refractivity contribution in [2.45, 2.75) is 33.1 Å². The number of rotatable bonds is 2. The average Bonchev–Trinajstić information content (AvgIpc) is 2.03. The molecule has 0 atom stereocenters. The molecule has 1 heteroatoms. The van der Waals surface area contributed by atoms with Gasteiger partial charge in [-0.2, -0.15) is 0 Å². The van der Waals surface area contributed by atoms with Gasteiger partial charge in [0.25, 0.3) is 0 Å². The number of allylic oxidation sites excluding steroid dienone is 1. The quantitative estimate of drug-likeness (QED) is 0.600. The summed E-state index contributed by atoms with van der Waals surface area (Å²) < 4.78 is 0. The van der Waals surface area contributed by atoms with Gasteiger partial charge in [0, 0.05) is 6.54 Å². The summed E-state index contributed by atoms with van der Waals surface area (Å²) in [6.07, 6.45) is 6.30. The summed E-state index contributed by atoms with van der Waals surface area (Å²) >= 11 is 0. The van der Waals surface area contributed by atoms with Gasteiger partial charge in [-0.1, -0.05) is 25.5 Å². The Morgan fingerprint density at radius 2 is 2.36 bits per heavy atom. The zero-order chi connectivity index (χ0) is 8.10. The highest BCUT2D eigenvalue weighted by Crippen LogP contribution is 2.11. The number of piperidine rings is 1. The van der Waals surface area contributed by atoms with Crippen LogP contribution in [0.1, 0.15) is 33.1 Å². The Hall–Kier alpha value is -0.300. The number of hydrogen-bond donors (Lipinski definition) is 1. The van der Waals surface area contributed by atoms with E-state index in [0.717, 1.165) is 12.5 Å². The maximum absolute atomic E-state index is 3.39. The Balaban J connectivity index is 2.26. The van der Waals surface area contributed by atoms with Crippen molar-refractivity contribution in [1.29, 1.82) is 0 Å². The molecular formula is C10H19N. The van der Waals surface area contributed by atoms with Gasteiger partial charge in [-0.05, 0) is 31.7 Å². The van der Waals surface area contributed by atoms with E-state index >= 15 is 0 Å². The van der Waals surface area contributed by atoms with Gasteiger partial charge in [-0.25, -0.2) is 0 Å². The molecule has 0 aromatic rings. The van der Waals surface area contributed by atoms with Crippen LogP contribution in [0.25, 0.3) is 0 Å². The molecule has 0 amide bonds. The van der Waals surface area contributed by atoms with Crippen LogP contribution in [0.3, 0.4) is 0 Å². The Bertz CT molecular complexity index is 128. The molecule has 1 N–H and O–H groups in total. The fourth-order valence-electron chi connectivity index (χ4n) is 1.35. The smallest absolute Gasteiger partial charge is 0.0164 e. The number of nitrogens with one attached hydrogen (secondary N) is 1. The van der Waals surface area contributed by atoms with Crippen molar-refractivity contribution in [1.82, 2.24) is 5.32 Å². The van der Waals surface area contributed by atoms with Gasteiger partial charge in [0.2, 0.25) is 0 Å². The fourth-order valence-corrected chi connectivity index (χ4v) is 1.35. The molecule has 64 valence electrons. The first kappa shape index (κ1) is 8.79. The van der Waals surface area contributed by atoms with Gasteiger partial charge >= 0.3 is 0 Å². The molecular weight excluding hydrogens is 134 g/mol. The maximum Gasteiger partial charge on any atom is 0.0164 e. The van der Waals surface area contributed by atoms with Crippen LogP contribution in [0.5, 0.6) is 0 Å². The molecule has 1 heterocycles. The maximum atomic E-state index is 3.39. The molecule has 0 aromatic carbocycles. The molecule has 1 aliphatic rings. The van der Waals surface area contributed by atoms with E-state index in [9.17, 15) is 0 Å². The van der Waals surface area contributed by atoms with Crippen molar-refractivity contribution in [3.05, 3.63) is 11.6 Å². The summed E-state index contributed by atoms with van der Waals surface area (Å²) in [5.74, 6) is 0.810. The molecule has 11 heavy (non-hydrogen) atoms. The highest BCUT2D eigenvalue weighted by molar-refractivity contribution is 5.06. The monoisotopic (exact) mass is 153 g/mol. The predicted octanol–water partition coefficient (Wildman–Crippen LogP) is 2.34. The molecule has 1 saturated heterocycles. The van der Waals surface area contributed by atoms with E-state index in [1.165, 1.54) is 25.8 Å². The second kappa shape index (κ2) is 4.55. The van der Waals surface area contributed by atoms with Crippen molar-refractivity contribution < 1.29 is 0 Å². The largest absolute Gasteiger partial charge is 0.313 e. The van der Waals surface area contributed by atoms with E-state index in [-0.39, 0.29) is 0 Å². The minimum Gasteiger partial charge on any atom is -0.313 e. The van der Waals surface area contributed by atoms with Gasteiger partial charge in [0.1, 0.15) is 0 Å². The topological polar surface area (TPSA) is 12.0 Å². The molecule has 1 fully saturated rings. The first-order valence-electron chi connectivity index (χ1n) is 4.67. The second-order valence-corrected chi connectivity index (χ2v) is 3.77. The summed E-state index contributed by atoms with van der Waals surface area (Å²) in [5.41, 5.74) is 1.62. The van der Waals surface area contributed by atoms with Crippen LogP contribution in [0, 0.1) is 5.92 Å². The third-order valence-corrected chi connectivity index (χ3v) is 2.08. The standard InChI is InChI=1S/C10H19N/c1-9(2)5-6-10-4-3-7-11-8-10/h6,9,11H,3-5,7-8H2,1-2H3/b10-6-. The van der Waals surface area contributed by atoms with Crippen LogP contribution in [0.4, 0.5) is 0 Å². The summed E-state index contributed by atoms with van der Waals surface area (Å²) in [6.45, 7) is 6.88. The van der Waals surface area contributed by atoms with E-state index < -0.39 is 0 Å². The molecule has 0 bridgehead atoms. The van der Waals surface area contributed by atoms with Crippen LogP contribution in [-0.2, 0) is 0 Å². The molecule has 0 radical (unpaired) electrons. The van der Waals surface area contributed by atoms with Crippen LogP contribution < -0.4 is 5.32 Å². The van der Waals surface area contributed by atoms with Gasteiger partial charge in [-0.15, -0.1) is 0 Å². The van der Waals surface area contributed by atoms with Crippen LogP contribution >= 0.6 is 0 Å². The molecule has 0 spiro atoms. The van der Waals surface area contributed by atoms with E-state index in [1.807, 2.05) is 0 Å². The van der Waals surface area contributed by atoms with E-state index in [1.54, 1.807) is 5.57 Å². The lowest BCUT2D eigenvalue weighted by atomic mass is 10.0. The normalized spacial score (nSPS) is 23.0. The third kappa shape index (κ3) is 3.57. The molecule has 1 rings (SSSR count). The van der Waals surface area contributed by atoms with E-state index in [2.05, 4.69) is 25.2 Å². The van der Waals surface area contributed by atoms with Crippen LogP contribution in [0.2, 0.25) is 0 Å². The fraction of sp³-hybridized carbons (Fsp3) is 0.800. The average molecular weight is 153 g/mol. The predicted molar refractivity (Wildman–Crippen MR) is 49.6 cm³/mol. The van der Waals surface area contributed by atoms with Crippen molar-refractivity contribution in [2.24, 2.45) is 5.92 Å². The first-order valence-corrected chi connectivity index (χ1v) is 4.67. The van der Waals surface area contributed by atoms with Crippen molar-refractivity contribution in [3.8, 4) is 0 Å². The van der Waals surface area contributed by atoms with E-state index in [0.29, 0.717) is 0 Å². The van der Waals surface area contributed by atoms with Crippen molar-refractivity contribution >= 4 is 0 Å². The zero-order valence-electron chi connectivity index (χ0n) is 7.69. The van der Waals surface area contributed by atoms with Crippen LogP contribution in [0.15, 0.2) is 11.6 Å². The van der Waals surface area contributed by atoms with Gasteiger partial charge in [-0.3, -0.25) is 0 Å². The first-order chi connectivity index (χ1) is 5.29. The lowest BCUT2D eigenvalue weighted by Crippen LogP contribution is -2.23. The Morgan fingerprint density at radius 3 is 2.91 bits per heavy atom. The molecule has 0 saturated carbocycles. The Kier molecular flexibility index (Phi) is 3.64. The highest BCUT2D eigenvalue weighted by atomic mass is 14.9.